The van der Waals surface area contributed by atoms with Crippen LogP contribution in [0, 0.1) is 0 Å². The van der Waals surface area contributed by atoms with Crippen LogP contribution in [-0.2, 0) is 45.3 Å². The van der Waals surface area contributed by atoms with Crippen LogP contribution in [0.5, 0.6) is 0 Å². The molecule has 0 aliphatic heterocycles. The molecule has 6 heteroatoms. The number of nitrogens with zero attached hydrogens (tertiary/aromatic N) is 2. The van der Waals surface area contributed by atoms with Crippen LogP contribution in [0.3, 0.4) is 0 Å². The van der Waals surface area contributed by atoms with E-state index in [1.165, 1.54) is 80.2 Å². The molecule has 11 rings (SSSR count). The Hall–Kier alpha value is -5.04. The van der Waals surface area contributed by atoms with Crippen LogP contribution in [0.15, 0.2) is 169 Å². The van der Waals surface area contributed by atoms with Gasteiger partial charge in [0.05, 0.1) is 11.0 Å². The van der Waals surface area contributed by atoms with Gasteiger partial charge in [-0.1, -0.05) is 115 Å². The molecule has 251 valence electrons. The molecule has 1 radical (unpaired) electrons. The first kappa shape index (κ1) is 33.8. The molecule has 0 fully saturated rings. The van der Waals surface area contributed by atoms with Gasteiger partial charge >= 0.3 is 0 Å². The Morgan fingerprint density at radius 3 is 1.92 bits per heavy atom. The molecule has 0 aliphatic rings. The van der Waals surface area contributed by atoms with E-state index in [0.29, 0.717) is 0 Å². The van der Waals surface area contributed by atoms with Crippen LogP contribution in [-0.4, -0.2) is 16.6 Å². The Morgan fingerprint density at radius 2 is 1.17 bits per heavy atom. The number of thiophene rings is 1. The second-order valence-electron chi connectivity index (χ2n) is 13.1. The van der Waals surface area contributed by atoms with Gasteiger partial charge in [-0.05, 0) is 81.2 Å². The number of nitrogens with one attached hydrogen (secondary N) is 1. The average molecular weight is 791 g/mol. The summed E-state index contributed by atoms with van der Waals surface area (Å²) < 4.78 is 4.87. The number of H-pyrrole nitrogens is 1. The molecule has 0 saturated heterocycles. The van der Waals surface area contributed by atoms with Gasteiger partial charge < -0.3 is 27.5 Å². The van der Waals surface area contributed by atoms with Crippen LogP contribution >= 0.6 is 11.3 Å². The van der Waals surface area contributed by atoms with Crippen molar-refractivity contribution in [1.29, 1.82) is 0 Å². The summed E-state index contributed by atoms with van der Waals surface area (Å²) in [5, 5.41) is 14.6. The van der Waals surface area contributed by atoms with Crippen molar-refractivity contribution in [3.8, 4) is 16.8 Å². The normalized spacial score (nSPS) is 11.4. The van der Waals surface area contributed by atoms with E-state index in [9.17, 15) is 0 Å². The molecule has 0 spiro atoms. The van der Waals surface area contributed by atoms with Gasteiger partial charge in [0.25, 0.3) is 0 Å². The number of rotatable bonds is 3. The number of aromatic nitrogens is 2. The van der Waals surface area contributed by atoms with Gasteiger partial charge in [0.2, 0.25) is 0 Å². The Bertz CT molecular complexity index is 3100. The van der Waals surface area contributed by atoms with Gasteiger partial charge in [-0.15, -0.1) is 24.1 Å². The van der Waals surface area contributed by atoms with E-state index in [0.717, 1.165) is 21.7 Å². The van der Waals surface area contributed by atoms with Crippen LogP contribution in [0.25, 0.3) is 96.7 Å². The molecule has 0 saturated carbocycles. The third-order valence-corrected chi connectivity index (χ3v) is 11.7. The fourth-order valence-electron chi connectivity index (χ4n) is 7.82. The summed E-state index contributed by atoms with van der Waals surface area (Å²) in [5.74, 6) is 0. The van der Waals surface area contributed by atoms with Crippen molar-refractivity contribution >= 4 is 104 Å². The zero-order valence-electron chi connectivity index (χ0n) is 28.9. The fourth-order valence-corrected chi connectivity index (χ4v) is 9.33. The minimum absolute atomic E-state index is 0. The molecular weight excluding hydrogens is 760 g/mol. The number of para-hydroxylation sites is 3. The second kappa shape index (κ2) is 13.7. The summed E-state index contributed by atoms with van der Waals surface area (Å²) in [5.41, 5.74) is 9.18. The molecule has 11 aromatic rings. The largest absolute Gasteiger partial charge is 0.780 e. The third-order valence-electron chi connectivity index (χ3n) is 10.2. The molecule has 3 heterocycles. The first-order chi connectivity index (χ1) is 25.7. The first-order valence-electron chi connectivity index (χ1n) is 17.4. The molecule has 53 heavy (non-hydrogen) atoms. The molecule has 3 nitrogen and oxygen atoms in total. The van der Waals surface area contributed by atoms with Gasteiger partial charge in [-0.2, -0.15) is 4.90 Å². The Labute approximate surface area is 341 Å². The minimum atomic E-state index is 0. The summed E-state index contributed by atoms with van der Waals surface area (Å²) in [6.07, 6.45) is 0. The van der Waals surface area contributed by atoms with E-state index < -0.39 is 0 Å². The van der Waals surface area contributed by atoms with Crippen molar-refractivity contribution in [2.45, 2.75) is 4.90 Å². The van der Waals surface area contributed by atoms with Crippen LogP contribution in [0.2, 0.25) is 0 Å². The molecule has 8 aromatic carbocycles. The predicted molar refractivity (Wildman–Crippen MR) is 227 cm³/mol. The van der Waals surface area contributed by atoms with Crippen molar-refractivity contribution in [2.24, 2.45) is 0 Å². The van der Waals surface area contributed by atoms with Crippen LogP contribution in [0.4, 0.5) is 5.69 Å². The SMILES string of the molecule is C[N-]c1c([S-])c(-c2ccc3ccccc3c2)cc2sc3ccccc3c12.[Y].c1ccc2c(c1)[nH]c1cc(-n3c4ccccc4c4ccccc43)ccc12. The topological polar surface area (TPSA) is 34.8 Å². The summed E-state index contributed by atoms with van der Waals surface area (Å²) in [6, 6.07) is 58.1. The Morgan fingerprint density at radius 1 is 0.547 bits per heavy atom. The van der Waals surface area contributed by atoms with E-state index in [4.69, 9.17) is 12.6 Å². The molecule has 0 aliphatic carbocycles. The predicted octanol–water partition coefficient (Wildman–Crippen LogP) is 13.8. The number of hydrogen-bond donors (Lipinski definition) is 1. The van der Waals surface area contributed by atoms with E-state index in [-0.39, 0.29) is 32.7 Å². The molecule has 0 unspecified atom stereocenters. The first-order valence-corrected chi connectivity index (χ1v) is 18.6. The quantitative estimate of drug-likeness (QED) is 0.178. The zero-order chi connectivity index (χ0) is 34.8. The van der Waals surface area contributed by atoms with Gasteiger partial charge in [-0.3, -0.25) is 0 Å². The van der Waals surface area contributed by atoms with Gasteiger partial charge in [0, 0.05) is 80.4 Å². The van der Waals surface area contributed by atoms with Crippen LogP contribution < -0.4 is 0 Å². The summed E-state index contributed by atoms with van der Waals surface area (Å²) in [4.78, 5) is 4.40. The van der Waals surface area contributed by atoms with Crippen molar-refractivity contribution in [3.05, 3.63) is 169 Å². The summed E-state index contributed by atoms with van der Waals surface area (Å²) >= 11 is 7.67. The van der Waals surface area contributed by atoms with Crippen molar-refractivity contribution in [1.82, 2.24) is 9.55 Å². The van der Waals surface area contributed by atoms with E-state index in [2.05, 4.69) is 179 Å². The molecular formula is C47H31N3S2Y-2. The minimum Gasteiger partial charge on any atom is -0.780 e. The number of aromatic amines is 1. The van der Waals surface area contributed by atoms with Crippen molar-refractivity contribution < 1.29 is 32.7 Å². The van der Waals surface area contributed by atoms with E-state index in [1.54, 1.807) is 11.3 Å². The fraction of sp³-hybridized carbons (Fsp3) is 0.0213. The van der Waals surface area contributed by atoms with Crippen LogP contribution in [0.1, 0.15) is 0 Å². The average Bonchev–Trinajstić information content (AvgIpc) is 3.87. The van der Waals surface area contributed by atoms with Gasteiger partial charge in [0.15, 0.2) is 0 Å². The summed E-state index contributed by atoms with van der Waals surface area (Å²) in [6.45, 7) is 0. The third kappa shape index (κ3) is 5.62. The van der Waals surface area contributed by atoms with Crippen molar-refractivity contribution in [3.63, 3.8) is 0 Å². The molecule has 1 N–H and O–H groups in total. The summed E-state index contributed by atoms with van der Waals surface area (Å²) in [7, 11) is 1.83. The van der Waals surface area contributed by atoms with Crippen molar-refractivity contribution in [2.75, 3.05) is 7.05 Å². The zero-order valence-corrected chi connectivity index (χ0v) is 33.3. The smallest absolute Gasteiger partial charge is 0.0541 e. The maximum Gasteiger partial charge on any atom is 0.0541 e. The van der Waals surface area contributed by atoms with Gasteiger partial charge in [-0.25, -0.2) is 0 Å². The van der Waals surface area contributed by atoms with Gasteiger partial charge in [0.1, 0.15) is 0 Å². The number of hydrogen-bond acceptors (Lipinski definition) is 2. The Balaban J connectivity index is 0.000000138. The van der Waals surface area contributed by atoms with E-state index >= 15 is 0 Å². The molecule has 0 bridgehead atoms. The standard InChI is InChI=1S/C24H16N2.C23H16NS2.Y/c1-4-10-21-17(7-1)18-14-13-16(15-22(18)25-21)26-23-11-5-2-8-19(23)20-9-3-6-12-24(20)26;1-24-22-21-17-8-4-5-9-19(17)26-20(21)13-18(23(22)25)16-11-10-14-6-2-3-7-15(14)12-16;/h1-15,25H;2-13,25H,1H3;/q;-1;/p-1. The molecule has 3 aromatic heterocycles. The molecule has 0 atom stereocenters. The monoisotopic (exact) mass is 790 g/mol. The number of fused-ring (bicyclic) bond motifs is 10. The molecule has 0 amide bonds. The second-order valence-corrected chi connectivity index (χ2v) is 14.6. The maximum absolute atomic E-state index is 5.86. The number of benzene rings is 8. The maximum atomic E-state index is 5.86. The van der Waals surface area contributed by atoms with E-state index in [1.807, 2.05) is 7.05 Å². The Kier molecular flexibility index (Phi) is 8.76.